The molecule has 2 saturated heterocycles. The predicted octanol–water partition coefficient (Wildman–Crippen LogP) is 3.60. The molecule has 1 aliphatic carbocycles. The van der Waals surface area contributed by atoms with Crippen LogP contribution in [0.3, 0.4) is 0 Å². The molecule has 5 nitrogen and oxygen atoms in total. The summed E-state index contributed by atoms with van der Waals surface area (Å²) in [5.41, 5.74) is 3.38. The van der Waals surface area contributed by atoms with E-state index >= 15 is 0 Å². The molecule has 2 aromatic rings. The zero-order valence-electron chi connectivity index (χ0n) is 15.4. The molecule has 2 atom stereocenters. The van der Waals surface area contributed by atoms with Gasteiger partial charge >= 0.3 is 6.03 Å². The van der Waals surface area contributed by atoms with Gasteiger partial charge in [0.25, 0.3) is 0 Å². The van der Waals surface area contributed by atoms with E-state index in [0.29, 0.717) is 12.5 Å². The van der Waals surface area contributed by atoms with Crippen molar-refractivity contribution in [3.63, 3.8) is 0 Å². The van der Waals surface area contributed by atoms with Crippen LogP contribution in [0.25, 0.3) is 11.1 Å². The van der Waals surface area contributed by atoms with Gasteiger partial charge in [0.2, 0.25) is 0 Å². The first-order valence-electron chi connectivity index (χ1n) is 9.93. The Morgan fingerprint density at radius 3 is 2.56 bits per heavy atom. The van der Waals surface area contributed by atoms with E-state index in [1.165, 1.54) is 12.8 Å². The molecule has 0 bridgehead atoms. The highest BCUT2D eigenvalue weighted by Gasteiger charge is 2.61. The number of ether oxygens (including phenoxy) is 1. The summed E-state index contributed by atoms with van der Waals surface area (Å²) in [4.78, 5) is 18.8. The van der Waals surface area contributed by atoms with E-state index in [4.69, 9.17) is 4.74 Å². The number of likely N-dealkylation sites (tertiary alicyclic amines) is 1. The van der Waals surface area contributed by atoms with Crippen LogP contribution in [0.4, 0.5) is 4.79 Å². The largest absolute Gasteiger partial charge is 0.371 e. The van der Waals surface area contributed by atoms with Crippen LogP contribution in [-0.2, 0) is 11.3 Å². The molecular formula is C22H25N3O2. The van der Waals surface area contributed by atoms with E-state index in [1.54, 1.807) is 12.4 Å². The van der Waals surface area contributed by atoms with Gasteiger partial charge in [-0.15, -0.1) is 0 Å². The minimum absolute atomic E-state index is 0.0370. The number of carbonyl (C=O) groups is 1. The van der Waals surface area contributed by atoms with Crippen LogP contribution in [0, 0.1) is 5.92 Å². The van der Waals surface area contributed by atoms with Crippen LogP contribution >= 0.6 is 0 Å². The topological polar surface area (TPSA) is 54.5 Å². The first-order valence-corrected chi connectivity index (χ1v) is 9.93. The Balaban J connectivity index is 1.20. The third-order valence-corrected chi connectivity index (χ3v) is 6.19. The second kappa shape index (κ2) is 6.64. The number of hydrogen-bond donors (Lipinski definition) is 1. The summed E-state index contributed by atoms with van der Waals surface area (Å²) in [5.74, 6) is 0.641. The molecule has 2 aliphatic heterocycles. The van der Waals surface area contributed by atoms with Crippen molar-refractivity contribution >= 4 is 6.03 Å². The Morgan fingerprint density at radius 1 is 1.15 bits per heavy atom. The maximum atomic E-state index is 12.7. The van der Waals surface area contributed by atoms with E-state index in [2.05, 4.69) is 34.6 Å². The molecule has 1 spiro atoms. The van der Waals surface area contributed by atoms with Crippen molar-refractivity contribution in [1.29, 1.82) is 0 Å². The zero-order valence-corrected chi connectivity index (χ0v) is 15.4. The lowest BCUT2D eigenvalue weighted by molar-refractivity contribution is -0.147. The van der Waals surface area contributed by atoms with Crippen LogP contribution < -0.4 is 5.32 Å². The Morgan fingerprint density at radius 2 is 1.89 bits per heavy atom. The minimum Gasteiger partial charge on any atom is -0.371 e. The van der Waals surface area contributed by atoms with Gasteiger partial charge in [-0.25, -0.2) is 4.79 Å². The fourth-order valence-electron chi connectivity index (χ4n) is 4.66. The monoisotopic (exact) mass is 363 g/mol. The number of amides is 2. The predicted molar refractivity (Wildman–Crippen MR) is 103 cm³/mol. The number of aromatic nitrogens is 1. The van der Waals surface area contributed by atoms with Crippen molar-refractivity contribution in [3.05, 3.63) is 54.4 Å². The molecular weight excluding hydrogens is 338 g/mol. The highest BCUT2D eigenvalue weighted by molar-refractivity contribution is 5.76. The molecule has 140 valence electrons. The highest BCUT2D eigenvalue weighted by atomic mass is 16.5. The van der Waals surface area contributed by atoms with Crippen molar-refractivity contribution in [2.24, 2.45) is 5.92 Å². The standard InChI is InChI=1S/C22H25N3O2/c26-21(25-15-22(10-1-13-27-22)20(25)19-6-7-19)24-14-16-2-4-17(5-3-16)18-8-11-23-12-9-18/h2-5,8-9,11-12,19-20H,1,6-7,10,13-15H2,(H,24,26). The van der Waals surface area contributed by atoms with E-state index in [-0.39, 0.29) is 17.7 Å². The number of urea groups is 1. The summed E-state index contributed by atoms with van der Waals surface area (Å²) in [5, 5.41) is 3.10. The van der Waals surface area contributed by atoms with Crippen LogP contribution in [0.1, 0.15) is 31.2 Å². The average molecular weight is 363 g/mol. The molecule has 5 rings (SSSR count). The van der Waals surface area contributed by atoms with Gasteiger partial charge in [0, 0.05) is 25.5 Å². The lowest BCUT2D eigenvalue weighted by atomic mass is 9.78. The Labute approximate surface area is 159 Å². The van der Waals surface area contributed by atoms with Gasteiger partial charge in [0.05, 0.1) is 12.6 Å². The number of nitrogens with zero attached hydrogens (tertiary/aromatic N) is 2. The number of pyridine rings is 1. The van der Waals surface area contributed by atoms with Gasteiger partial charge in [-0.3, -0.25) is 4.98 Å². The summed E-state index contributed by atoms with van der Waals surface area (Å²) in [6.45, 7) is 2.15. The molecule has 27 heavy (non-hydrogen) atoms. The second-order valence-electron chi connectivity index (χ2n) is 8.02. The van der Waals surface area contributed by atoms with E-state index in [0.717, 1.165) is 42.7 Å². The Kier molecular flexibility index (Phi) is 4.12. The molecule has 1 N–H and O–H groups in total. The van der Waals surface area contributed by atoms with Crippen molar-refractivity contribution in [1.82, 2.24) is 15.2 Å². The fourth-order valence-corrected chi connectivity index (χ4v) is 4.66. The third-order valence-electron chi connectivity index (χ3n) is 6.19. The molecule has 3 heterocycles. The molecule has 1 aromatic heterocycles. The molecule has 1 saturated carbocycles. The van der Waals surface area contributed by atoms with Crippen LogP contribution in [0.5, 0.6) is 0 Å². The normalized spacial score (nSPS) is 26.8. The van der Waals surface area contributed by atoms with Crippen molar-refractivity contribution in [3.8, 4) is 11.1 Å². The molecule has 3 fully saturated rings. The number of benzene rings is 1. The van der Waals surface area contributed by atoms with Gasteiger partial charge in [0.15, 0.2) is 0 Å². The van der Waals surface area contributed by atoms with Crippen LogP contribution in [-0.4, -0.2) is 40.7 Å². The quantitative estimate of drug-likeness (QED) is 0.903. The Bertz CT molecular complexity index is 811. The van der Waals surface area contributed by atoms with Crippen molar-refractivity contribution in [2.75, 3.05) is 13.2 Å². The van der Waals surface area contributed by atoms with E-state index in [1.807, 2.05) is 17.0 Å². The lowest BCUT2D eigenvalue weighted by Crippen LogP contribution is -2.73. The lowest BCUT2D eigenvalue weighted by Gasteiger charge is -2.55. The van der Waals surface area contributed by atoms with Crippen LogP contribution in [0.15, 0.2) is 48.8 Å². The van der Waals surface area contributed by atoms with Gasteiger partial charge in [-0.05, 0) is 60.4 Å². The number of rotatable bonds is 4. The number of hydrogen-bond acceptors (Lipinski definition) is 3. The van der Waals surface area contributed by atoms with Gasteiger partial charge in [-0.1, -0.05) is 24.3 Å². The van der Waals surface area contributed by atoms with E-state index < -0.39 is 0 Å². The first kappa shape index (κ1) is 16.8. The number of nitrogens with one attached hydrogen (secondary N) is 1. The number of carbonyl (C=O) groups excluding carboxylic acids is 1. The SMILES string of the molecule is O=C(NCc1ccc(-c2ccncc2)cc1)N1CC2(CCCO2)C1C1CC1. The molecule has 3 aliphatic rings. The first-order chi connectivity index (χ1) is 13.3. The molecule has 2 unspecified atom stereocenters. The maximum absolute atomic E-state index is 12.7. The fraction of sp³-hybridized carbons (Fsp3) is 0.455. The van der Waals surface area contributed by atoms with Crippen molar-refractivity contribution < 1.29 is 9.53 Å². The summed E-state index contributed by atoms with van der Waals surface area (Å²) < 4.78 is 6.06. The smallest absolute Gasteiger partial charge is 0.318 e. The molecule has 1 aromatic carbocycles. The van der Waals surface area contributed by atoms with Gasteiger partial charge in [0.1, 0.15) is 5.60 Å². The summed E-state index contributed by atoms with van der Waals surface area (Å²) in [7, 11) is 0. The van der Waals surface area contributed by atoms with E-state index in [9.17, 15) is 4.79 Å². The van der Waals surface area contributed by atoms with Crippen molar-refractivity contribution in [2.45, 2.75) is 43.9 Å². The third kappa shape index (κ3) is 3.10. The van der Waals surface area contributed by atoms with Crippen LogP contribution in [0.2, 0.25) is 0 Å². The highest BCUT2D eigenvalue weighted by Crippen LogP contribution is 2.51. The Hall–Kier alpha value is -2.40. The minimum atomic E-state index is -0.0370. The zero-order chi connectivity index (χ0) is 18.3. The second-order valence-corrected chi connectivity index (χ2v) is 8.02. The summed E-state index contributed by atoms with van der Waals surface area (Å²) in [6, 6.07) is 12.7. The summed E-state index contributed by atoms with van der Waals surface area (Å²) >= 11 is 0. The molecule has 2 amide bonds. The molecule has 5 heteroatoms. The molecule has 0 radical (unpaired) electrons. The maximum Gasteiger partial charge on any atom is 0.318 e. The van der Waals surface area contributed by atoms with Gasteiger partial charge in [-0.2, -0.15) is 0 Å². The average Bonchev–Trinajstić information content (AvgIpc) is 3.38. The summed E-state index contributed by atoms with van der Waals surface area (Å²) in [6.07, 6.45) is 8.30. The van der Waals surface area contributed by atoms with Gasteiger partial charge < -0.3 is 15.0 Å².